The molecule has 4 aromatic rings. The predicted octanol–water partition coefficient (Wildman–Crippen LogP) is 6.73. The molecule has 0 atom stereocenters. The molecule has 0 unspecified atom stereocenters. The van der Waals surface area contributed by atoms with Crippen molar-refractivity contribution in [2.45, 2.75) is 12.3 Å². The molecule has 0 saturated carbocycles. The van der Waals surface area contributed by atoms with Crippen LogP contribution >= 0.6 is 11.3 Å². The van der Waals surface area contributed by atoms with E-state index in [1.807, 2.05) is 0 Å². The Kier molecular flexibility index (Phi) is 4.73. The molecule has 0 aliphatic rings. The maximum atomic E-state index is 2.28. The van der Waals surface area contributed by atoms with Gasteiger partial charge in [0.2, 0.25) is 0 Å². The summed E-state index contributed by atoms with van der Waals surface area (Å²) < 4.78 is 0. The molecule has 0 aliphatic heterocycles. The molecule has 0 amide bonds. The van der Waals surface area contributed by atoms with E-state index in [9.17, 15) is 0 Å². The number of thiophene rings is 1. The van der Waals surface area contributed by atoms with E-state index < -0.39 is 0 Å². The first-order valence-electron chi connectivity index (χ1n) is 8.88. The second-order valence-electron chi connectivity index (χ2n) is 6.45. The fraction of sp³-hybridized carbons (Fsp3) is 0.0800. The molecule has 1 heterocycles. The lowest BCUT2D eigenvalue weighted by molar-refractivity contribution is 0.659. The van der Waals surface area contributed by atoms with Crippen LogP contribution in [0, 0.1) is 5.92 Å². The minimum atomic E-state index is -0.311. The normalized spacial score (nSPS) is 11.6. The van der Waals surface area contributed by atoms with Crippen molar-refractivity contribution in [1.82, 2.24) is 0 Å². The molecule has 0 spiro atoms. The molecule has 0 saturated heterocycles. The first kappa shape index (κ1) is 16.8. The Morgan fingerprint density at radius 2 is 1.00 bits per heavy atom. The highest BCUT2D eigenvalue weighted by Crippen LogP contribution is 2.49. The Morgan fingerprint density at radius 3 is 1.35 bits per heavy atom. The lowest BCUT2D eigenvalue weighted by Crippen LogP contribution is -2.35. The molecule has 0 fully saturated rings. The molecule has 0 nitrogen and oxygen atoms in total. The number of hydrogen-bond donors (Lipinski definition) is 0. The van der Waals surface area contributed by atoms with Crippen LogP contribution in [-0.4, -0.2) is 0 Å². The molecular weight excluding hydrogens is 332 g/mol. The molecule has 1 heteroatoms. The third kappa shape index (κ3) is 2.79. The summed E-state index contributed by atoms with van der Waals surface area (Å²) in [5.74, 6) is 1.36. The van der Waals surface area contributed by atoms with Gasteiger partial charge in [0.25, 0.3) is 0 Å². The summed E-state index contributed by atoms with van der Waals surface area (Å²) in [5, 5.41) is 2.16. The summed E-state index contributed by atoms with van der Waals surface area (Å²) >= 11 is 1.80. The maximum Gasteiger partial charge on any atom is 0.0562 e. The monoisotopic (exact) mass is 353 g/mol. The molecule has 0 aliphatic carbocycles. The van der Waals surface area contributed by atoms with E-state index in [-0.39, 0.29) is 5.41 Å². The van der Waals surface area contributed by atoms with Gasteiger partial charge in [-0.1, -0.05) is 104 Å². The quantitative estimate of drug-likeness (QED) is 0.349. The van der Waals surface area contributed by atoms with Gasteiger partial charge in [0.1, 0.15) is 0 Å². The third-order valence-electron chi connectivity index (χ3n) is 5.07. The van der Waals surface area contributed by atoms with E-state index in [1.54, 1.807) is 11.3 Å². The minimum Gasteiger partial charge on any atom is -0.148 e. The van der Waals surface area contributed by atoms with Crippen molar-refractivity contribution in [3.63, 3.8) is 0 Å². The van der Waals surface area contributed by atoms with Gasteiger partial charge >= 0.3 is 0 Å². The molecule has 1 radical (unpaired) electrons. The van der Waals surface area contributed by atoms with Crippen LogP contribution in [-0.2, 0) is 5.41 Å². The molecule has 1 aromatic heterocycles. The van der Waals surface area contributed by atoms with Crippen molar-refractivity contribution in [2.75, 3.05) is 0 Å². The van der Waals surface area contributed by atoms with Crippen molar-refractivity contribution >= 4 is 11.3 Å². The predicted molar refractivity (Wildman–Crippen MR) is 112 cm³/mol. The molecule has 26 heavy (non-hydrogen) atoms. The Labute approximate surface area is 159 Å². The Morgan fingerprint density at radius 1 is 0.577 bits per heavy atom. The summed E-state index contributed by atoms with van der Waals surface area (Å²) in [6, 6.07) is 36.9. The summed E-state index contributed by atoms with van der Waals surface area (Å²) in [7, 11) is 0. The highest BCUT2D eigenvalue weighted by Gasteiger charge is 2.42. The third-order valence-corrected chi connectivity index (χ3v) is 6.06. The van der Waals surface area contributed by atoms with Gasteiger partial charge in [-0.2, -0.15) is 0 Å². The zero-order valence-corrected chi connectivity index (χ0v) is 15.6. The van der Waals surface area contributed by atoms with Crippen LogP contribution in [0.2, 0.25) is 0 Å². The molecule has 3 aromatic carbocycles. The summed E-state index contributed by atoms with van der Waals surface area (Å²) in [6.07, 6.45) is 0. The van der Waals surface area contributed by atoms with E-state index in [4.69, 9.17) is 0 Å². The van der Waals surface area contributed by atoms with Gasteiger partial charge < -0.3 is 0 Å². The van der Waals surface area contributed by atoms with Crippen molar-refractivity contribution < 1.29 is 0 Å². The topological polar surface area (TPSA) is 0 Å². The van der Waals surface area contributed by atoms with Gasteiger partial charge in [-0.3, -0.25) is 0 Å². The van der Waals surface area contributed by atoms with E-state index in [2.05, 4.69) is 115 Å². The number of rotatable bonds is 5. The number of hydrogen-bond acceptors (Lipinski definition) is 1. The summed E-state index contributed by atoms with van der Waals surface area (Å²) in [4.78, 5) is 1.32. The molecule has 0 bridgehead atoms. The molecule has 4 rings (SSSR count). The first-order chi connectivity index (χ1) is 12.8. The van der Waals surface area contributed by atoms with Crippen LogP contribution in [0.25, 0.3) is 0 Å². The average Bonchev–Trinajstić information content (AvgIpc) is 3.26. The van der Waals surface area contributed by atoms with Crippen LogP contribution in [0.5, 0.6) is 0 Å². The SMILES string of the molecule is C[C](c1cccs1)C(c1ccccc1)(c1ccccc1)c1ccccc1. The van der Waals surface area contributed by atoms with E-state index in [0.717, 1.165) is 0 Å². The van der Waals surface area contributed by atoms with Gasteiger partial charge in [0.05, 0.1) is 5.41 Å². The lowest BCUT2D eigenvalue weighted by Gasteiger charge is -2.40. The fourth-order valence-corrected chi connectivity index (χ4v) is 4.68. The maximum absolute atomic E-state index is 2.28. The largest absolute Gasteiger partial charge is 0.148 e. The van der Waals surface area contributed by atoms with Gasteiger partial charge in [0.15, 0.2) is 0 Å². The van der Waals surface area contributed by atoms with Crippen LogP contribution in [0.4, 0.5) is 0 Å². The Hall–Kier alpha value is -2.64. The molecular formula is C25H21S. The van der Waals surface area contributed by atoms with Gasteiger partial charge in [0, 0.05) is 10.8 Å². The smallest absolute Gasteiger partial charge is 0.0562 e. The second-order valence-corrected chi connectivity index (χ2v) is 7.40. The van der Waals surface area contributed by atoms with Crippen molar-refractivity contribution in [1.29, 1.82) is 0 Å². The highest BCUT2D eigenvalue weighted by molar-refractivity contribution is 7.10. The van der Waals surface area contributed by atoms with E-state index >= 15 is 0 Å². The Bertz CT molecular complexity index is 829. The number of benzene rings is 3. The van der Waals surface area contributed by atoms with Crippen LogP contribution < -0.4 is 0 Å². The van der Waals surface area contributed by atoms with Crippen molar-refractivity contribution in [2.24, 2.45) is 0 Å². The Balaban J connectivity index is 2.07. The van der Waals surface area contributed by atoms with Crippen molar-refractivity contribution in [3.05, 3.63) is 136 Å². The summed E-state index contributed by atoms with van der Waals surface area (Å²) in [5.41, 5.74) is 3.57. The average molecular weight is 354 g/mol. The van der Waals surface area contributed by atoms with Crippen LogP contribution in [0.3, 0.4) is 0 Å². The van der Waals surface area contributed by atoms with E-state index in [0.29, 0.717) is 0 Å². The summed E-state index contributed by atoms with van der Waals surface area (Å²) in [6.45, 7) is 2.28. The van der Waals surface area contributed by atoms with E-state index in [1.165, 1.54) is 27.5 Å². The van der Waals surface area contributed by atoms with Gasteiger partial charge in [-0.25, -0.2) is 0 Å². The van der Waals surface area contributed by atoms with Gasteiger partial charge in [-0.15, -0.1) is 11.3 Å². The van der Waals surface area contributed by atoms with Crippen molar-refractivity contribution in [3.8, 4) is 0 Å². The first-order valence-corrected chi connectivity index (χ1v) is 9.76. The minimum absolute atomic E-state index is 0.311. The standard InChI is InChI=1S/C25H21S/c1-20(24-18-11-19-26-24)25(21-12-5-2-6-13-21,22-14-7-3-8-15-22)23-16-9-4-10-17-23/h2-19H,1H3. The fourth-order valence-electron chi connectivity index (χ4n) is 3.89. The molecule has 127 valence electrons. The van der Waals surface area contributed by atoms with Crippen LogP contribution in [0.15, 0.2) is 109 Å². The lowest BCUT2D eigenvalue weighted by atomic mass is 9.62. The van der Waals surface area contributed by atoms with Gasteiger partial charge in [-0.05, 0) is 28.1 Å². The molecule has 0 N–H and O–H groups in total. The van der Waals surface area contributed by atoms with Crippen LogP contribution in [0.1, 0.15) is 28.5 Å². The zero-order valence-electron chi connectivity index (χ0n) is 14.8. The zero-order chi connectivity index (χ0) is 17.8. The second kappa shape index (κ2) is 7.31. The highest BCUT2D eigenvalue weighted by atomic mass is 32.1.